The highest BCUT2D eigenvalue weighted by Crippen LogP contribution is 2.24. The minimum Gasteiger partial charge on any atom is -0.315 e. The SMILES string of the molecule is CCCNCC(c1ccccc1)N(C)C1CCCN(C)C1. The molecule has 0 aliphatic carbocycles. The summed E-state index contributed by atoms with van der Waals surface area (Å²) in [6, 6.07) is 12.1. The van der Waals surface area contributed by atoms with E-state index in [0.29, 0.717) is 12.1 Å². The molecular formula is C18H31N3. The van der Waals surface area contributed by atoms with Gasteiger partial charge < -0.3 is 10.2 Å². The molecule has 1 fully saturated rings. The fraction of sp³-hybridized carbons (Fsp3) is 0.667. The number of benzene rings is 1. The molecule has 1 saturated heterocycles. The first kappa shape index (κ1) is 16.5. The molecule has 1 aromatic rings. The fourth-order valence-electron chi connectivity index (χ4n) is 3.31. The van der Waals surface area contributed by atoms with E-state index in [1.54, 1.807) is 0 Å². The van der Waals surface area contributed by atoms with E-state index in [1.807, 2.05) is 0 Å². The van der Waals surface area contributed by atoms with Crippen LogP contribution in [0.5, 0.6) is 0 Å². The predicted octanol–water partition coefficient (Wildman–Crippen LogP) is 2.75. The highest BCUT2D eigenvalue weighted by molar-refractivity contribution is 5.19. The lowest BCUT2D eigenvalue weighted by Gasteiger charge is -2.40. The number of rotatable bonds is 7. The zero-order chi connectivity index (χ0) is 15.1. The van der Waals surface area contributed by atoms with Gasteiger partial charge in [0, 0.05) is 25.2 Å². The van der Waals surface area contributed by atoms with Crippen molar-refractivity contribution in [3.05, 3.63) is 35.9 Å². The van der Waals surface area contributed by atoms with Gasteiger partial charge in [-0.1, -0.05) is 37.3 Å². The summed E-state index contributed by atoms with van der Waals surface area (Å²) in [6.07, 6.45) is 3.82. The van der Waals surface area contributed by atoms with Crippen molar-refractivity contribution < 1.29 is 0 Å². The van der Waals surface area contributed by atoms with Gasteiger partial charge in [0.15, 0.2) is 0 Å². The van der Waals surface area contributed by atoms with Crippen LogP contribution in [0, 0.1) is 0 Å². The second kappa shape index (κ2) is 8.52. The largest absolute Gasteiger partial charge is 0.315 e. The van der Waals surface area contributed by atoms with Crippen molar-refractivity contribution in [2.75, 3.05) is 40.3 Å². The molecule has 0 bridgehead atoms. The molecule has 0 spiro atoms. The van der Waals surface area contributed by atoms with Gasteiger partial charge in [0.1, 0.15) is 0 Å². The summed E-state index contributed by atoms with van der Waals surface area (Å²) in [5, 5.41) is 3.61. The van der Waals surface area contributed by atoms with E-state index in [2.05, 4.69) is 66.5 Å². The van der Waals surface area contributed by atoms with Crippen molar-refractivity contribution in [1.82, 2.24) is 15.1 Å². The Labute approximate surface area is 130 Å². The molecule has 1 heterocycles. The Morgan fingerprint density at radius 3 is 2.76 bits per heavy atom. The molecule has 0 amide bonds. The highest BCUT2D eigenvalue weighted by atomic mass is 15.2. The minimum atomic E-state index is 0.467. The summed E-state index contributed by atoms with van der Waals surface area (Å²) < 4.78 is 0. The molecule has 0 radical (unpaired) electrons. The van der Waals surface area contributed by atoms with Crippen LogP contribution in [-0.4, -0.2) is 56.1 Å². The molecule has 0 saturated carbocycles. The van der Waals surface area contributed by atoms with Crippen LogP contribution < -0.4 is 5.32 Å². The van der Waals surface area contributed by atoms with Gasteiger partial charge in [0.05, 0.1) is 0 Å². The maximum absolute atomic E-state index is 3.61. The molecular weight excluding hydrogens is 258 g/mol. The summed E-state index contributed by atoms with van der Waals surface area (Å²) in [5.74, 6) is 0. The van der Waals surface area contributed by atoms with Crippen molar-refractivity contribution in [3.8, 4) is 0 Å². The van der Waals surface area contributed by atoms with Crippen LogP contribution in [-0.2, 0) is 0 Å². The second-order valence-electron chi connectivity index (χ2n) is 6.35. The quantitative estimate of drug-likeness (QED) is 0.779. The average molecular weight is 289 g/mol. The van der Waals surface area contributed by atoms with Gasteiger partial charge in [-0.05, 0) is 52.0 Å². The number of hydrogen-bond donors (Lipinski definition) is 1. The van der Waals surface area contributed by atoms with Crippen molar-refractivity contribution in [1.29, 1.82) is 0 Å². The lowest BCUT2D eigenvalue weighted by atomic mass is 9.99. The number of nitrogens with one attached hydrogen (secondary N) is 1. The Morgan fingerprint density at radius 1 is 1.33 bits per heavy atom. The Hall–Kier alpha value is -0.900. The maximum atomic E-state index is 3.61. The second-order valence-corrected chi connectivity index (χ2v) is 6.35. The number of likely N-dealkylation sites (N-methyl/N-ethyl adjacent to an activating group) is 2. The zero-order valence-corrected chi connectivity index (χ0v) is 13.9. The van der Waals surface area contributed by atoms with E-state index in [1.165, 1.54) is 37.9 Å². The highest BCUT2D eigenvalue weighted by Gasteiger charge is 2.27. The van der Waals surface area contributed by atoms with Crippen LogP contribution in [0.2, 0.25) is 0 Å². The van der Waals surface area contributed by atoms with Gasteiger partial charge in [-0.25, -0.2) is 0 Å². The van der Waals surface area contributed by atoms with Crippen molar-refractivity contribution >= 4 is 0 Å². The van der Waals surface area contributed by atoms with Crippen molar-refractivity contribution in [2.24, 2.45) is 0 Å². The van der Waals surface area contributed by atoms with Crippen LogP contribution in [0.1, 0.15) is 37.8 Å². The Balaban J connectivity index is 2.06. The summed E-state index contributed by atoms with van der Waals surface area (Å²) in [7, 11) is 4.54. The monoisotopic (exact) mass is 289 g/mol. The Morgan fingerprint density at radius 2 is 2.10 bits per heavy atom. The number of likely N-dealkylation sites (tertiary alicyclic amines) is 1. The van der Waals surface area contributed by atoms with E-state index >= 15 is 0 Å². The third kappa shape index (κ3) is 4.80. The number of nitrogens with zero attached hydrogens (tertiary/aromatic N) is 2. The van der Waals surface area contributed by atoms with Gasteiger partial charge in [-0.15, -0.1) is 0 Å². The maximum Gasteiger partial charge on any atom is 0.0473 e. The smallest absolute Gasteiger partial charge is 0.0473 e. The van der Waals surface area contributed by atoms with Crippen LogP contribution in [0.25, 0.3) is 0 Å². The van der Waals surface area contributed by atoms with E-state index in [-0.39, 0.29) is 0 Å². The molecule has 118 valence electrons. The Kier molecular flexibility index (Phi) is 6.68. The van der Waals surface area contributed by atoms with Crippen LogP contribution in [0.3, 0.4) is 0 Å². The van der Waals surface area contributed by atoms with E-state index in [4.69, 9.17) is 0 Å². The van der Waals surface area contributed by atoms with Crippen LogP contribution >= 0.6 is 0 Å². The minimum absolute atomic E-state index is 0.467. The first-order chi connectivity index (χ1) is 10.2. The van der Waals surface area contributed by atoms with E-state index in [0.717, 1.165) is 13.1 Å². The first-order valence-corrected chi connectivity index (χ1v) is 8.38. The summed E-state index contributed by atoms with van der Waals surface area (Å²) >= 11 is 0. The van der Waals surface area contributed by atoms with Crippen LogP contribution in [0.4, 0.5) is 0 Å². The lowest BCUT2D eigenvalue weighted by molar-refractivity contribution is 0.0975. The molecule has 21 heavy (non-hydrogen) atoms. The number of hydrogen-bond acceptors (Lipinski definition) is 3. The first-order valence-electron chi connectivity index (χ1n) is 8.38. The predicted molar refractivity (Wildman–Crippen MR) is 90.6 cm³/mol. The average Bonchev–Trinajstić information content (AvgIpc) is 2.52. The van der Waals surface area contributed by atoms with E-state index in [9.17, 15) is 0 Å². The fourth-order valence-corrected chi connectivity index (χ4v) is 3.31. The summed E-state index contributed by atoms with van der Waals surface area (Å²) in [5.41, 5.74) is 1.43. The summed E-state index contributed by atoms with van der Waals surface area (Å²) in [4.78, 5) is 5.06. The molecule has 2 unspecified atom stereocenters. The lowest BCUT2D eigenvalue weighted by Crippen LogP contribution is -2.48. The third-order valence-electron chi connectivity index (χ3n) is 4.62. The molecule has 1 N–H and O–H groups in total. The van der Waals surface area contributed by atoms with Crippen molar-refractivity contribution in [2.45, 2.75) is 38.3 Å². The summed E-state index contributed by atoms with van der Waals surface area (Å²) in [6.45, 7) is 6.79. The molecule has 2 atom stereocenters. The third-order valence-corrected chi connectivity index (χ3v) is 4.62. The molecule has 3 heteroatoms. The van der Waals surface area contributed by atoms with Gasteiger partial charge in [-0.2, -0.15) is 0 Å². The normalized spacial score (nSPS) is 21.6. The topological polar surface area (TPSA) is 18.5 Å². The van der Waals surface area contributed by atoms with Gasteiger partial charge >= 0.3 is 0 Å². The standard InChI is InChI=1S/C18H31N3/c1-4-12-19-14-18(16-9-6-5-7-10-16)21(3)17-11-8-13-20(2)15-17/h5-7,9-10,17-19H,4,8,11-15H2,1-3H3. The molecule has 2 rings (SSSR count). The van der Waals surface area contributed by atoms with E-state index < -0.39 is 0 Å². The Bertz CT molecular complexity index is 393. The molecule has 1 aliphatic heterocycles. The zero-order valence-electron chi connectivity index (χ0n) is 13.9. The van der Waals surface area contributed by atoms with Gasteiger partial charge in [-0.3, -0.25) is 4.90 Å². The van der Waals surface area contributed by atoms with Gasteiger partial charge in [0.2, 0.25) is 0 Å². The molecule has 0 aromatic heterocycles. The molecule has 1 aromatic carbocycles. The van der Waals surface area contributed by atoms with Gasteiger partial charge in [0.25, 0.3) is 0 Å². The van der Waals surface area contributed by atoms with Crippen molar-refractivity contribution in [3.63, 3.8) is 0 Å². The number of piperidine rings is 1. The molecule has 1 aliphatic rings. The van der Waals surface area contributed by atoms with Crippen LogP contribution in [0.15, 0.2) is 30.3 Å². The molecule has 3 nitrogen and oxygen atoms in total.